The van der Waals surface area contributed by atoms with Crippen LogP contribution in [0.2, 0.25) is 0 Å². The Kier molecular flexibility index (Phi) is 13.5. The van der Waals surface area contributed by atoms with E-state index in [1.165, 1.54) is 25.7 Å². The molecule has 0 unspecified atom stereocenters. The van der Waals surface area contributed by atoms with Crippen molar-refractivity contribution in [3.8, 4) is 0 Å². The van der Waals surface area contributed by atoms with Crippen LogP contribution in [-0.4, -0.2) is 11.7 Å². The molecule has 2 nitrogen and oxygen atoms in total. The normalized spacial score (nSPS) is 13.7. The van der Waals surface area contributed by atoms with Gasteiger partial charge in [-0.1, -0.05) is 57.7 Å². The Balaban J connectivity index is 0.000000522. The van der Waals surface area contributed by atoms with Crippen LogP contribution in [0.5, 0.6) is 0 Å². The van der Waals surface area contributed by atoms with Crippen LogP contribution in [0.4, 0.5) is 5.69 Å². The van der Waals surface area contributed by atoms with Crippen molar-refractivity contribution in [1.29, 1.82) is 0 Å². The van der Waals surface area contributed by atoms with E-state index >= 15 is 0 Å². The molecule has 1 aromatic rings. The first-order chi connectivity index (χ1) is 10.7. The summed E-state index contributed by atoms with van der Waals surface area (Å²) in [7, 11) is 0. The molecule has 0 amide bonds. The van der Waals surface area contributed by atoms with E-state index in [1.807, 2.05) is 24.3 Å². The molecular formula is C19H27NOPdS-. The molecule has 0 spiro atoms. The van der Waals surface area contributed by atoms with E-state index in [1.54, 1.807) is 0 Å². The van der Waals surface area contributed by atoms with Gasteiger partial charge in [-0.2, -0.15) is 12.6 Å². The molecule has 0 saturated carbocycles. The van der Waals surface area contributed by atoms with Crippen molar-refractivity contribution in [2.75, 3.05) is 5.75 Å². The van der Waals surface area contributed by atoms with Gasteiger partial charge in [0.2, 0.25) is 0 Å². The predicted octanol–water partition coefficient (Wildman–Crippen LogP) is 4.96. The van der Waals surface area contributed by atoms with Gasteiger partial charge in [0.15, 0.2) is 0 Å². The number of allylic oxidation sites excluding steroid dienone is 1. The summed E-state index contributed by atoms with van der Waals surface area (Å²) >= 11 is 4.09. The number of benzene rings is 1. The molecule has 1 radical (unpaired) electrons. The molecule has 1 heterocycles. The van der Waals surface area contributed by atoms with Gasteiger partial charge in [-0.25, -0.2) is 0 Å². The molecule has 0 N–H and O–H groups in total. The van der Waals surface area contributed by atoms with Crippen LogP contribution in [0.3, 0.4) is 0 Å². The fourth-order valence-electron chi connectivity index (χ4n) is 2.16. The van der Waals surface area contributed by atoms with E-state index in [0.717, 1.165) is 36.3 Å². The number of unbranched alkanes of at least 4 members (excludes halogenated alkanes) is 5. The second-order valence-corrected chi connectivity index (χ2v) is 5.82. The van der Waals surface area contributed by atoms with Gasteiger partial charge in [-0.3, -0.25) is 4.99 Å². The smallest absolute Gasteiger partial charge is 0.0701 e. The standard InChI is InChI=1S/C13H14NO.C6H14S.Pd/c1-2-3-4-8-11-10-7-5-6-9-12(10)14-13(11)15;1-2-3-4-5-6-7;/h5-7,9H,2-4H2,1H3,(H,14,15);7H,2-6H2,1H3;/p-1. The molecule has 131 valence electrons. The van der Waals surface area contributed by atoms with Gasteiger partial charge in [0.05, 0.1) is 5.69 Å². The molecular weight excluding hydrogens is 397 g/mol. The van der Waals surface area contributed by atoms with Gasteiger partial charge in [-0.15, -0.1) is 0 Å². The molecule has 0 aromatic heterocycles. The Labute approximate surface area is 160 Å². The molecule has 1 aromatic carbocycles. The zero-order valence-electron chi connectivity index (χ0n) is 14.1. The van der Waals surface area contributed by atoms with Crippen LogP contribution in [0.25, 0.3) is 5.57 Å². The van der Waals surface area contributed by atoms with Crippen molar-refractivity contribution in [2.24, 2.45) is 4.99 Å². The Morgan fingerprint density at radius 2 is 1.74 bits per heavy atom. The summed E-state index contributed by atoms with van der Waals surface area (Å²) in [5.41, 5.74) is 2.36. The van der Waals surface area contributed by atoms with E-state index in [0.29, 0.717) is 5.57 Å². The first-order valence-corrected chi connectivity index (χ1v) is 8.95. The molecule has 23 heavy (non-hydrogen) atoms. The number of thiol groups is 1. The molecule has 0 saturated heterocycles. The van der Waals surface area contributed by atoms with Gasteiger partial charge >= 0.3 is 0 Å². The van der Waals surface area contributed by atoms with Crippen LogP contribution in [0.1, 0.15) is 64.4 Å². The SMILES string of the molecule is CCCCCCS.CCCC[C]=C1C([O-])=Nc2ccccc21.[Pd]. The van der Waals surface area contributed by atoms with Gasteiger partial charge in [0.25, 0.3) is 0 Å². The Morgan fingerprint density at radius 1 is 1.04 bits per heavy atom. The maximum Gasteiger partial charge on any atom is 0.0701 e. The summed E-state index contributed by atoms with van der Waals surface area (Å²) in [6.07, 6.45) is 11.5. The van der Waals surface area contributed by atoms with Crippen molar-refractivity contribution < 1.29 is 25.5 Å². The second-order valence-electron chi connectivity index (χ2n) is 5.37. The molecule has 2 rings (SSSR count). The maximum absolute atomic E-state index is 11.6. The zero-order valence-corrected chi connectivity index (χ0v) is 16.5. The van der Waals surface area contributed by atoms with E-state index < -0.39 is 0 Å². The topological polar surface area (TPSA) is 35.4 Å². The van der Waals surface area contributed by atoms with Crippen LogP contribution in [-0.2, 0) is 20.4 Å². The molecule has 0 fully saturated rings. The van der Waals surface area contributed by atoms with E-state index in [4.69, 9.17) is 0 Å². The maximum atomic E-state index is 11.6. The molecule has 1 aliphatic rings. The number of hydrogen-bond donors (Lipinski definition) is 1. The third-order valence-corrected chi connectivity index (χ3v) is 3.77. The average Bonchev–Trinajstić information content (AvgIpc) is 2.85. The van der Waals surface area contributed by atoms with Crippen LogP contribution < -0.4 is 5.11 Å². The Bertz CT molecular complexity index is 496. The average molecular weight is 424 g/mol. The summed E-state index contributed by atoms with van der Waals surface area (Å²) < 4.78 is 0. The number of para-hydroxylation sites is 1. The fraction of sp³-hybridized carbons (Fsp3) is 0.526. The minimum absolute atomic E-state index is 0. The quantitative estimate of drug-likeness (QED) is 0.375. The van der Waals surface area contributed by atoms with Gasteiger partial charge in [-0.05, 0) is 48.6 Å². The van der Waals surface area contributed by atoms with Crippen molar-refractivity contribution in [3.63, 3.8) is 0 Å². The fourth-order valence-corrected chi connectivity index (χ4v) is 2.39. The minimum atomic E-state index is -0.146. The van der Waals surface area contributed by atoms with Crippen LogP contribution in [0, 0.1) is 6.08 Å². The van der Waals surface area contributed by atoms with E-state index in [-0.39, 0.29) is 26.3 Å². The van der Waals surface area contributed by atoms with Gasteiger partial charge < -0.3 is 5.11 Å². The largest absolute Gasteiger partial charge is 0.858 e. The van der Waals surface area contributed by atoms with Gasteiger partial charge in [0, 0.05) is 26.0 Å². The number of fused-ring (bicyclic) bond motifs is 1. The van der Waals surface area contributed by atoms with Crippen molar-refractivity contribution in [1.82, 2.24) is 0 Å². The van der Waals surface area contributed by atoms with Crippen LogP contribution in [0.15, 0.2) is 29.3 Å². The number of aliphatic imine (C=N–C) groups is 1. The van der Waals surface area contributed by atoms with E-state index in [2.05, 4.69) is 37.5 Å². The molecule has 0 aliphatic carbocycles. The van der Waals surface area contributed by atoms with Crippen molar-refractivity contribution in [2.45, 2.75) is 58.8 Å². The first-order valence-electron chi connectivity index (χ1n) is 8.31. The summed E-state index contributed by atoms with van der Waals surface area (Å²) in [4.78, 5) is 3.97. The van der Waals surface area contributed by atoms with E-state index in [9.17, 15) is 5.11 Å². The van der Waals surface area contributed by atoms with Crippen molar-refractivity contribution in [3.05, 3.63) is 35.9 Å². The second kappa shape index (κ2) is 13.8. The summed E-state index contributed by atoms with van der Waals surface area (Å²) in [6, 6.07) is 7.61. The zero-order chi connectivity index (χ0) is 16.2. The molecule has 0 atom stereocenters. The number of nitrogens with zero attached hydrogens (tertiary/aromatic N) is 1. The third kappa shape index (κ3) is 8.20. The first kappa shape index (κ1) is 22.4. The monoisotopic (exact) mass is 423 g/mol. The predicted molar refractivity (Wildman–Crippen MR) is 97.7 cm³/mol. The summed E-state index contributed by atoms with van der Waals surface area (Å²) in [6.45, 7) is 4.35. The molecule has 0 bridgehead atoms. The Morgan fingerprint density at radius 3 is 2.39 bits per heavy atom. The van der Waals surface area contributed by atoms with Gasteiger partial charge in [0.1, 0.15) is 0 Å². The summed E-state index contributed by atoms with van der Waals surface area (Å²) in [5.74, 6) is 0.910. The van der Waals surface area contributed by atoms with Crippen molar-refractivity contribution >= 4 is 29.8 Å². The number of rotatable bonds is 7. The summed E-state index contributed by atoms with van der Waals surface area (Å²) in [5, 5.41) is 11.6. The number of hydrogen-bond acceptors (Lipinski definition) is 3. The molecule has 1 aliphatic heterocycles. The molecule has 4 heteroatoms. The third-order valence-electron chi connectivity index (χ3n) is 3.45. The minimum Gasteiger partial charge on any atom is -0.858 e. The Hall–Kier alpha value is -0.558. The van der Waals surface area contributed by atoms with Crippen LogP contribution >= 0.6 is 12.6 Å².